The van der Waals surface area contributed by atoms with Gasteiger partial charge in [-0.2, -0.15) is 5.26 Å². The van der Waals surface area contributed by atoms with Crippen molar-refractivity contribution >= 4 is 11.8 Å². The third-order valence-electron chi connectivity index (χ3n) is 4.00. The second kappa shape index (κ2) is 11.3. The van der Waals surface area contributed by atoms with Gasteiger partial charge in [-0.05, 0) is 60.2 Å². The first-order valence-corrected chi connectivity index (χ1v) is 8.53. The number of benzene rings is 1. The molecular formula is C21H25N3O3. The van der Waals surface area contributed by atoms with Crippen molar-refractivity contribution in [3.8, 4) is 17.6 Å². The fourth-order valence-electron chi connectivity index (χ4n) is 2.38. The fourth-order valence-corrected chi connectivity index (χ4v) is 2.38. The third-order valence-corrected chi connectivity index (χ3v) is 4.00. The molecule has 1 amide bonds. The number of hydrogen-bond donors (Lipinski definition) is 1. The highest BCUT2D eigenvalue weighted by Crippen LogP contribution is 2.27. The lowest BCUT2D eigenvalue weighted by Crippen LogP contribution is -2.29. The molecule has 1 aromatic carbocycles. The zero-order valence-corrected chi connectivity index (χ0v) is 16.2. The number of rotatable bonds is 9. The maximum absolute atomic E-state index is 12.5. The lowest BCUT2D eigenvalue weighted by molar-refractivity contribution is -0.125. The Morgan fingerprint density at radius 1 is 1.30 bits per heavy atom. The number of carbonyl (C=O) groups excluding carboxylic acids is 1. The van der Waals surface area contributed by atoms with E-state index in [9.17, 15) is 10.1 Å². The van der Waals surface area contributed by atoms with Crippen LogP contribution >= 0.6 is 0 Å². The Bertz CT molecular complexity index is 812. The molecule has 0 aliphatic rings. The molecule has 1 rings (SSSR count). The molecule has 1 aromatic rings. The predicted molar refractivity (Wildman–Crippen MR) is 105 cm³/mol. The van der Waals surface area contributed by atoms with Gasteiger partial charge in [-0.15, -0.1) is 0 Å². The van der Waals surface area contributed by atoms with Crippen molar-refractivity contribution in [1.82, 2.24) is 4.90 Å². The monoisotopic (exact) mass is 367 g/mol. The van der Waals surface area contributed by atoms with Crippen molar-refractivity contribution in [2.75, 3.05) is 27.8 Å². The molecule has 0 unspecified atom stereocenters. The first-order chi connectivity index (χ1) is 13.0. The van der Waals surface area contributed by atoms with Gasteiger partial charge in [0.05, 0.1) is 14.2 Å². The number of carbonyl (C=O) groups is 1. The molecule has 0 aromatic heterocycles. The minimum atomic E-state index is -0.337. The van der Waals surface area contributed by atoms with Crippen molar-refractivity contribution in [3.05, 3.63) is 53.1 Å². The van der Waals surface area contributed by atoms with Crippen LogP contribution < -0.4 is 9.47 Å². The quantitative estimate of drug-likeness (QED) is 0.314. The molecule has 0 aliphatic heterocycles. The van der Waals surface area contributed by atoms with Gasteiger partial charge in [0.2, 0.25) is 0 Å². The molecule has 0 saturated heterocycles. The Morgan fingerprint density at radius 2 is 2.00 bits per heavy atom. The topological polar surface area (TPSA) is 86.4 Å². The number of nitrogens with zero attached hydrogens (tertiary/aromatic N) is 2. The van der Waals surface area contributed by atoms with E-state index in [-0.39, 0.29) is 11.5 Å². The van der Waals surface area contributed by atoms with Crippen LogP contribution in [0.1, 0.15) is 18.9 Å². The van der Waals surface area contributed by atoms with Gasteiger partial charge in [0.15, 0.2) is 11.5 Å². The smallest absolute Gasteiger partial charge is 0.264 e. The Morgan fingerprint density at radius 3 is 2.56 bits per heavy atom. The van der Waals surface area contributed by atoms with Crippen molar-refractivity contribution in [3.63, 3.8) is 0 Å². The number of amides is 1. The minimum absolute atomic E-state index is 0.0660. The van der Waals surface area contributed by atoms with E-state index < -0.39 is 0 Å². The van der Waals surface area contributed by atoms with Gasteiger partial charge < -0.3 is 14.4 Å². The van der Waals surface area contributed by atoms with Crippen molar-refractivity contribution in [1.29, 1.82) is 10.7 Å². The fraction of sp³-hybridized carbons (Fsp3) is 0.333. The van der Waals surface area contributed by atoms with Crippen LogP contribution in [0.25, 0.3) is 0 Å². The summed E-state index contributed by atoms with van der Waals surface area (Å²) in [6.07, 6.45) is 5.93. The molecule has 0 heterocycles. The molecule has 142 valence electrons. The molecule has 0 fully saturated rings. The SMILES string of the molecule is CCC(=C\C=C=N)/C=C(\C#N)C(=O)N(C)CCc1ccc(OC)c(OC)c1. The number of methoxy groups -OCH3 is 2. The lowest BCUT2D eigenvalue weighted by atomic mass is 10.1. The zero-order chi connectivity index (χ0) is 20.2. The molecule has 0 spiro atoms. The zero-order valence-electron chi connectivity index (χ0n) is 16.2. The van der Waals surface area contributed by atoms with E-state index in [0.717, 1.165) is 11.1 Å². The minimum Gasteiger partial charge on any atom is -0.493 e. The summed E-state index contributed by atoms with van der Waals surface area (Å²) in [5.74, 6) is 3.11. The van der Waals surface area contributed by atoms with Crippen LogP contribution in [0, 0.1) is 16.7 Å². The van der Waals surface area contributed by atoms with E-state index in [1.54, 1.807) is 33.4 Å². The molecule has 0 saturated carbocycles. The van der Waals surface area contributed by atoms with Crippen LogP contribution in [-0.2, 0) is 11.2 Å². The Kier molecular flexibility index (Phi) is 9.14. The van der Waals surface area contributed by atoms with Gasteiger partial charge >= 0.3 is 0 Å². The molecule has 0 radical (unpaired) electrons. The normalized spacial score (nSPS) is 11.2. The molecule has 1 N–H and O–H groups in total. The summed E-state index contributed by atoms with van der Waals surface area (Å²) in [5, 5.41) is 16.3. The van der Waals surface area contributed by atoms with Crippen molar-refractivity contribution in [2.45, 2.75) is 19.8 Å². The maximum Gasteiger partial charge on any atom is 0.264 e. The highest BCUT2D eigenvalue weighted by molar-refractivity contribution is 5.97. The molecule has 27 heavy (non-hydrogen) atoms. The van der Waals surface area contributed by atoms with Crippen LogP contribution in [0.5, 0.6) is 11.5 Å². The van der Waals surface area contributed by atoms with Gasteiger partial charge in [0.1, 0.15) is 11.6 Å². The molecule has 0 aliphatic carbocycles. The first kappa shape index (κ1) is 21.8. The summed E-state index contributed by atoms with van der Waals surface area (Å²) < 4.78 is 10.5. The average molecular weight is 367 g/mol. The van der Waals surface area contributed by atoms with Gasteiger partial charge in [-0.3, -0.25) is 10.2 Å². The van der Waals surface area contributed by atoms with E-state index in [1.807, 2.05) is 31.2 Å². The molecular weight excluding hydrogens is 342 g/mol. The molecule has 0 atom stereocenters. The van der Waals surface area contributed by atoms with Gasteiger partial charge in [0, 0.05) is 13.6 Å². The summed E-state index contributed by atoms with van der Waals surface area (Å²) in [7, 11) is 4.82. The van der Waals surface area contributed by atoms with Crippen LogP contribution in [0.3, 0.4) is 0 Å². The second-order valence-electron chi connectivity index (χ2n) is 5.74. The average Bonchev–Trinajstić information content (AvgIpc) is 2.71. The standard InChI is InChI=1S/C21H25N3O3/c1-5-16(7-6-11-22)13-18(15-23)21(25)24(2)12-10-17-8-9-19(26-3)20(14-17)27-4/h6-9,13-14,22H,5,10,12H2,1-4H3/b16-7+,18-13+. The molecule has 6 nitrogen and oxygen atoms in total. The number of nitrogens with one attached hydrogen (secondary N) is 1. The number of hydrogen-bond acceptors (Lipinski definition) is 5. The van der Waals surface area contributed by atoms with Crippen LogP contribution in [0.4, 0.5) is 0 Å². The Balaban J connectivity index is 2.86. The predicted octanol–water partition coefficient (Wildman–Crippen LogP) is 3.30. The number of allylic oxidation sites excluding steroid dienone is 4. The maximum atomic E-state index is 12.5. The summed E-state index contributed by atoms with van der Waals surface area (Å²) in [4.78, 5) is 14.1. The summed E-state index contributed by atoms with van der Waals surface area (Å²) in [6, 6.07) is 7.59. The number of ether oxygens (including phenoxy) is 2. The second-order valence-corrected chi connectivity index (χ2v) is 5.74. The first-order valence-electron chi connectivity index (χ1n) is 8.53. The summed E-state index contributed by atoms with van der Waals surface area (Å²) in [5.41, 5.74) is 1.85. The van der Waals surface area contributed by atoms with Crippen LogP contribution in [0.2, 0.25) is 0 Å². The van der Waals surface area contributed by atoms with Crippen molar-refractivity contribution in [2.24, 2.45) is 0 Å². The summed E-state index contributed by atoms with van der Waals surface area (Å²) >= 11 is 0. The highest BCUT2D eigenvalue weighted by atomic mass is 16.5. The number of nitriles is 1. The van der Waals surface area contributed by atoms with Crippen molar-refractivity contribution < 1.29 is 14.3 Å². The van der Waals surface area contributed by atoms with E-state index >= 15 is 0 Å². The van der Waals surface area contributed by atoms with Crippen LogP contribution in [-0.4, -0.2) is 44.5 Å². The lowest BCUT2D eigenvalue weighted by Gasteiger charge is -2.17. The highest BCUT2D eigenvalue weighted by Gasteiger charge is 2.15. The van der Waals surface area contributed by atoms with Gasteiger partial charge in [-0.25, -0.2) is 0 Å². The van der Waals surface area contributed by atoms with E-state index in [0.29, 0.717) is 30.9 Å². The Hall–Kier alpha value is -3.29. The number of likely N-dealkylation sites (N-methyl/N-ethyl adjacent to an activating group) is 1. The van der Waals surface area contributed by atoms with Crippen LogP contribution in [0.15, 0.2) is 47.6 Å². The van der Waals surface area contributed by atoms with E-state index in [4.69, 9.17) is 14.9 Å². The Labute approximate surface area is 160 Å². The molecule has 6 heteroatoms. The van der Waals surface area contributed by atoms with Gasteiger partial charge in [0.25, 0.3) is 5.91 Å². The molecule has 0 bridgehead atoms. The van der Waals surface area contributed by atoms with E-state index in [1.165, 1.54) is 11.0 Å². The van der Waals surface area contributed by atoms with Gasteiger partial charge in [-0.1, -0.05) is 13.0 Å². The summed E-state index contributed by atoms with van der Waals surface area (Å²) in [6.45, 7) is 2.37. The third kappa shape index (κ3) is 6.50. The largest absolute Gasteiger partial charge is 0.493 e. The van der Waals surface area contributed by atoms with E-state index in [2.05, 4.69) is 5.87 Å².